The van der Waals surface area contributed by atoms with E-state index < -0.39 is 0 Å². The van der Waals surface area contributed by atoms with Crippen LogP contribution in [-0.4, -0.2) is 9.67 Å². The highest BCUT2D eigenvalue weighted by Crippen LogP contribution is 2.22. The van der Waals surface area contributed by atoms with Crippen molar-refractivity contribution in [2.24, 2.45) is 5.92 Å². The second kappa shape index (κ2) is 6.76. The van der Waals surface area contributed by atoms with Crippen LogP contribution in [0.5, 0.6) is 0 Å². The maximum absolute atomic E-state index is 9.26. The number of hydrogen-bond donors (Lipinski definition) is 1. The predicted octanol–water partition coefficient (Wildman–Crippen LogP) is 4.35. The van der Waals surface area contributed by atoms with Crippen LogP contribution >= 0.6 is 0 Å². The van der Waals surface area contributed by atoms with Crippen LogP contribution in [-0.2, 0) is 13.2 Å². The molecule has 2 heteroatoms. The first-order valence-corrected chi connectivity index (χ1v) is 7.47. The van der Waals surface area contributed by atoms with E-state index >= 15 is 0 Å². The van der Waals surface area contributed by atoms with Crippen LogP contribution in [0, 0.1) is 5.92 Å². The number of hydrogen-bond acceptors (Lipinski definition) is 1. The molecule has 2 nitrogen and oxygen atoms in total. The molecule has 1 heterocycles. The molecule has 1 atom stereocenters. The Kier molecular flexibility index (Phi) is 5.03. The van der Waals surface area contributed by atoms with E-state index in [2.05, 4.69) is 42.8 Å². The van der Waals surface area contributed by atoms with E-state index in [1.807, 2.05) is 6.07 Å². The fourth-order valence-electron chi connectivity index (χ4n) is 2.68. The monoisotopic (exact) mass is 259 g/mol. The van der Waals surface area contributed by atoms with Crippen LogP contribution in [0.3, 0.4) is 0 Å². The second-order valence-electron chi connectivity index (χ2n) is 5.44. The molecule has 0 amide bonds. The lowest BCUT2D eigenvalue weighted by molar-refractivity contribution is 0.282. The van der Waals surface area contributed by atoms with Crippen molar-refractivity contribution >= 4 is 10.9 Å². The van der Waals surface area contributed by atoms with E-state index in [1.165, 1.54) is 36.6 Å². The molecule has 19 heavy (non-hydrogen) atoms. The average molecular weight is 259 g/mol. The molecule has 1 aromatic carbocycles. The minimum absolute atomic E-state index is 0.119. The van der Waals surface area contributed by atoms with Crippen LogP contribution in [0.25, 0.3) is 10.9 Å². The Morgan fingerprint density at radius 2 is 2.05 bits per heavy atom. The SMILES string of the molecule is CCCCC(CC)Cn1ccc2ccc(CO)cc21. The van der Waals surface area contributed by atoms with Gasteiger partial charge in [0.05, 0.1) is 6.61 Å². The lowest BCUT2D eigenvalue weighted by atomic mass is 9.99. The summed E-state index contributed by atoms with van der Waals surface area (Å²) in [5.41, 5.74) is 2.25. The number of unbranched alkanes of at least 4 members (excludes halogenated alkanes) is 1. The number of aromatic nitrogens is 1. The van der Waals surface area contributed by atoms with Gasteiger partial charge in [-0.3, -0.25) is 0 Å². The van der Waals surface area contributed by atoms with Crippen LogP contribution in [0.4, 0.5) is 0 Å². The molecular weight excluding hydrogens is 234 g/mol. The maximum Gasteiger partial charge on any atom is 0.0682 e. The van der Waals surface area contributed by atoms with Gasteiger partial charge in [-0.25, -0.2) is 0 Å². The molecule has 2 rings (SSSR count). The van der Waals surface area contributed by atoms with Gasteiger partial charge in [0, 0.05) is 18.3 Å². The molecule has 0 bridgehead atoms. The van der Waals surface area contributed by atoms with Gasteiger partial charge in [0.1, 0.15) is 0 Å². The zero-order chi connectivity index (χ0) is 13.7. The molecule has 0 fully saturated rings. The van der Waals surface area contributed by atoms with Gasteiger partial charge >= 0.3 is 0 Å². The number of aliphatic hydroxyl groups excluding tert-OH is 1. The zero-order valence-corrected chi connectivity index (χ0v) is 12.1. The summed E-state index contributed by atoms with van der Waals surface area (Å²) < 4.78 is 2.35. The summed E-state index contributed by atoms with van der Waals surface area (Å²) in [5.74, 6) is 0.758. The summed E-state index contributed by atoms with van der Waals surface area (Å²) in [6.45, 7) is 5.75. The van der Waals surface area contributed by atoms with Crippen LogP contribution in [0.15, 0.2) is 30.5 Å². The van der Waals surface area contributed by atoms with Crippen molar-refractivity contribution in [1.29, 1.82) is 0 Å². The van der Waals surface area contributed by atoms with Crippen molar-refractivity contribution in [3.63, 3.8) is 0 Å². The lowest BCUT2D eigenvalue weighted by Crippen LogP contribution is -2.09. The maximum atomic E-state index is 9.26. The molecule has 1 N–H and O–H groups in total. The van der Waals surface area contributed by atoms with Crippen molar-refractivity contribution in [3.05, 3.63) is 36.0 Å². The van der Waals surface area contributed by atoms with Crippen molar-refractivity contribution in [2.75, 3.05) is 0 Å². The van der Waals surface area contributed by atoms with Gasteiger partial charge < -0.3 is 9.67 Å². The fourth-order valence-corrected chi connectivity index (χ4v) is 2.68. The zero-order valence-electron chi connectivity index (χ0n) is 12.1. The molecule has 0 saturated heterocycles. The third kappa shape index (κ3) is 3.38. The van der Waals surface area contributed by atoms with E-state index in [0.717, 1.165) is 18.0 Å². The quantitative estimate of drug-likeness (QED) is 0.785. The van der Waals surface area contributed by atoms with Crippen LogP contribution in [0.1, 0.15) is 45.1 Å². The minimum atomic E-state index is 0.119. The van der Waals surface area contributed by atoms with Gasteiger partial charge in [0.2, 0.25) is 0 Å². The van der Waals surface area contributed by atoms with Gasteiger partial charge in [-0.1, -0.05) is 45.2 Å². The molecule has 0 aliphatic rings. The van der Waals surface area contributed by atoms with E-state index in [-0.39, 0.29) is 6.61 Å². The number of nitrogens with zero attached hydrogens (tertiary/aromatic N) is 1. The summed E-state index contributed by atoms with van der Waals surface area (Å²) in [7, 11) is 0. The molecular formula is C17H25NO. The fraction of sp³-hybridized carbons (Fsp3) is 0.529. The summed E-state index contributed by atoms with van der Waals surface area (Å²) >= 11 is 0. The Balaban J connectivity index is 2.19. The molecule has 0 saturated carbocycles. The van der Waals surface area contributed by atoms with Crippen molar-refractivity contribution in [2.45, 2.75) is 52.7 Å². The molecule has 0 spiro atoms. The summed E-state index contributed by atoms with van der Waals surface area (Å²) in [6, 6.07) is 8.39. The number of aliphatic hydroxyl groups is 1. The van der Waals surface area contributed by atoms with Crippen LogP contribution < -0.4 is 0 Å². The molecule has 0 aliphatic heterocycles. The standard InChI is InChI=1S/C17H25NO/c1-3-5-6-14(4-2)12-18-10-9-16-8-7-15(13-19)11-17(16)18/h7-11,14,19H,3-6,12-13H2,1-2H3. The number of fused-ring (bicyclic) bond motifs is 1. The molecule has 104 valence electrons. The average Bonchev–Trinajstić information content (AvgIpc) is 2.85. The van der Waals surface area contributed by atoms with Gasteiger partial charge in [0.25, 0.3) is 0 Å². The summed E-state index contributed by atoms with van der Waals surface area (Å²) in [5, 5.41) is 10.5. The molecule has 0 radical (unpaired) electrons. The lowest BCUT2D eigenvalue weighted by Gasteiger charge is -2.16. The Morgan fingerprint density at radius 3 is 2.74 bits per heavy atom. The largest absolute Gasteiger partial charge is 0.392 e. The highest BCUT2D eigenvalue weighted by Gasteiger charge is 2.09. The van der Waals surface area contributed by atoms with Gasteiger partial charge in [-0.15, -0.1) is 0 Å². The Morgan fingerprint density at radius 1 is 1.21 bits per heavy atom. The smallest absolute Gasteiger partial charge is 0.0682 e. The molecule has 1 unspecified atom stereocenters. The highest BCUT2D eigenvalue weighted by atomic mass is 16.3. The van der Waals surface area contributed by atoms with Crippen molar-refractivity contribution in [1.82, 2.24) is 4.57 Å². The summed E-state index contributed by atoms with van der Waals surface area (Å²) in [6.07, 6.45) is 7.32. The predicted molar refractivity (Wildman–Crippen MR) is 81.2 cm³/mol. The van der Waals surface area contributed by atoms with E-state index in [0.29, 0.717) is 0 Å². The first-order valence-electron chi connectivity index (χ1n) is 7.47. The van der Waals surface area contributed by atoms with E-state index in [1.54, 1.807) is 0 Å². The Labute approximate surface area is 116 Å². The summed E-state index contributed by atoms with van der Waals surface area (Å²) in [4.78, 5) is 0. The third-order valence-corrected chi connectivity index (χ3v) is 4.02. The first kappa shape index (κ1) is 14.1. The molecule has 0 aliphatic carbocycles. The molecule has 2 aromatic rings. The minimum Gasteiger partial charge on any atom is -0.392 e. The molecule has 1 aromatic heterocycles. The van der Waals surface area contributed by atoms with Gasteiger partial charge in [-0.05, 0) is 35.4 Å². The Hall–Kier alpha value is -1.28. The van der Waals surface area contributed by atoms with Gasteiger partial charge in [-0.2, -0.15) is 0 Å². The topological polar surface area (TPSA) is 25.2 Å². The van der Waals surface area contributed by atoms with E-state index in [4.69, 9.17) is 0 Å². The third-order valence-electron chi connectivity index (χ3n) is 4.02. The highest BCUT2D eigenvalue weighted by molar-refractivity contribution is 5.80. The van der Waals surface area contributed by atoms with Crippen molar-refractivity contribution < 1.29 is 5.11 Å². The van der Waals surface area contributed by atoms with E-state index in [9.17, 15) is 5.11 Å². The number of rotatable bonds is 7. The van der Waals surface area contributed by atoms with Crippen molar-refractivity contribution in [3.8, 4) is 0 Å². The normalized spacial score (nSPS) is 13.0. The second-order valence-corrected chi connectivity index (χ2v) is 5.44. The van der Waals surface area contributed by atoms with Crippen LogP contribution in [0.2, 0.25) is 0 Å². The number of benzene rings is 1. The first-order chi connectivity index (χ1) is 9.28. The van der Waals surface area contributed by atoms with Gasteiger partial charge in [0.15, 0.2) is 0 Å². The Bertz CT molecular complexity index is 515.